The van der Waals surface area contributed by atoms with Gasteiger partial charge in [0.25, 0.3) is 10.0 Å². The summed E-state index contributed by atoms with van der Waals surface area (Å²) in [6.07, 6.45) is 0. The first-order valence-electron chi connectivity index (χ1n) is 6.61. The van der Waals surface area contributed by atoms with Crippen molar-refractivity contribution in [2.75, 3.05) is 10.5 Å². The number of sulfonamides is 1. The van der Waals surface area contributed by atoms with Gasteiger partial charge in [-0.05, 0) is 43.7 Å². The molecule has 0 fully saturated rings. The highest BCUT2D eigenvalue weighted by Crippen LogP contribution is 2.31. The Kier molecular flexibility index (Phi) is 3.54. The van der Waals surface area contributed by atoms with E-state index in [2.05, 4.69) is 9.71 Å². The Balaban J connectivity index is 1.98. The highest BCUT2D eigenvalue weighted by Gasteiger charge is 2.17. The van der Waals surface area contributed by atoms with Crippen molar-refractivity contribution in [2.24, 2.45) is 0 Å². The van der Waals surface area contributed by atoms with Gasteiger partial charge in [0.05, 0.1) is 15.1 Å². The van der Waals surface area contributed by atoms with Crippen molar-refractivity contribution in [3.05, 3.63) is 47.5 Å². The number of aromatic nitrogens is 1. The number of rotatable bonds is 3. The van der Waals surface area contributed by atoms with Crippen LogP contribution in [0.3, 0.4) is 0 Å². The van der Waals surface area contributed by atoms with Gasteiger partial charge in [-0.15, -0.1) is 0 Å². The van der Waals surface area contributed by atoms with Crippen LogP contribution in [0.2, 0.25) is 0 Å². The number of nitrogen functional groups attached to an aromatic ring is 1. The van der Waals surface area contributed by atoms with Crippen LogP contribution in [-0.2, 0) is 10.0 Å². The predicted octanol–water partition coefficient (Wildman–Crippen LogP) is 3.30. The van der Waals surface area contributed by atoms with Gasteiger partial charge in [0, 0.05) is 5.69 Å². The Morgan fingerprint density at radius 2 is 1.82 bits per heavy atom. The van der Waals surface area contributed by atoms with Crippen molar-refractivity contribution in [2.45, 2.75) is 18.7 Å². The molecule has 0 aliphatic heterocycles. The molecule has 1 aromatic heterocycles. The van der Waals surface area contributed by atoms with Gasteiger partial charge in [0.2, 0.25) is 0 Å². The molecule has 0 aliphatic carbocycles. The van der Waals surface area contributed by atoms with Crippen LogP contribution in [0, 0.1) is 13.8 Å². The van der Waals surface area contributed by atoms with Crippen LogP contribution in [0.15, 0.2) is 41.3 Å². The Morgan fingerprint density at radius 3 is 2.50 bits per heavy atom. The zero-order valence-corrected chi connectivity index (χ0v) is 13.8. The fourth-order valence-electron chi connectivity index (χ4n) is 2.16. The number of hydrogen-bond acceptors (Lipinski definition) is 5. The summed E-state index contributed by atoms with van der Waals surface area (Å²) in [5.74, 6) is 0. The van der Waals surface area contributed by atoms with Gasteiger partial charge in [0.15, 0.2) is 5.13 Å². The molecule has 7 heteroatoms. The number of hydrogen-bond donors (Lipinski definition) is 2. The lowest BCUT2D eigenvalue weighted by atomic mass is 10.2. The third kappa shape index (κ3) is 2.77. The van der Waals surface area contributed by atoms with E-state index in [1.54, 1.807) is 30.3 Å². The monoisotopic (exact) mass is 333 g/mol. The second-order valence-corrected chi connectivity index (χ2v) is 7.84. The van der Waals surface area contributed by atoms with E-state index in [0.717, 1.165) is 21.3 Å². The quantitative estimate of drug-likeness (QED) is 0.720. The number of aryl methyl sites for hydroxylation is 2. The molecule has 0 atom stereocenters. The first-order chi connectivity index (χ1) is 10.3. The van der Waals surface area contributed by atoms with E-state index in [0.29, 0.717) is 10.8 Å². The highest BCUT2D eigenvalue weighted by molar-refractivity contribution is 7.93. The Hall–Kier alpha value is -2.12. The molecular weight excluding hydrogens is 318 g/mol. The van der Waals surface area contributed by atoms with Gasteiger partial charge in [-0.2, -0.15) is 0 Å². The van der Waals surface area contributed by atoms with Gasteiger partial charge < -0.3 is 5.73 Å². The van der Waals surface area contributed by atoms with Crippen LogP contribution in [0.5, 0.6) is 0 Å². The van der Waals surface area contributed by atoms with Gasteiger partial charge in [-0.3, -0.25) is 4.72 Å². The standard InChI is InChI=1S/C15H15N3O2S2/c1-9-3-5-12(6-4-9)22(19,20)18-15-17-14-10(2)7-11(16)8-13(14)21-15/h3-8H,16H2,1-2H3,(H,17,18). The van der Waals surface area contributed by atoms with Gasteiger partial charge >= 0.3 is 0 Å². The number of fused-ring (bicyclic) bond motifs is 1. The van der Waals surface area contributed by atoms with E-state index in [1.807, 2.05) is 19.9 Å². The molecule has 0 amide bonds. The topological polar surface area (TPSA) is 85.1 Å². The minimum Gasteiger partial charge on any atom is -0.399 e. The number of nitrogens with zero attached hydrogens (tertiary/aromatic N) is 1. The van der Waals surface area contributed by atoms with Gasteiger partial charge in [0.1, 0.15) is 0 Å². The molecular formula is C15H15N3O2S2. The van der Waals surface area contributed by atoms with E-state index in [4.69, 9.17) is 5.73 Å². The molecule has 0 bridgehead atoms. The molecule has 3 N–H and O–H groups in total. The fourth-order valence-corrected chi connectivity index (χ4v) is 4.39. The Bertz CT molecular complexity index is 945. The number of thiazole rings is 1. The summed E-state index contributed by atoms with van der Waals surface area (Å²) in [4.78, 5) is 4.57. The Morgan fingerprint density at radius 1 is 1.14 bits per heavy atom. The lowest BCUT2D eigenvalue weighted by Crippen LogP contribution is -2.12. The lowest BCUT2D eigenvalue weighted by molar-refractivity contribution is 0.601. The molecule has 5 nitrogen and oxygen atoms in total. The fraction of sp³-hybridized carbons (Fsp3) is 0.133. The van der Waals surface area contributed by atoms with E-state index in [9.17, 15) is 8.42 Å². The van der Waals surface area contributed by atoms with E-state index in [1.165, 1.54) is 11.3 Å². The zero-order chi connectivity index (χ0) is 15.9. The van der Waals surface area contributed by atoms with Crippen molar-refractivity contribution in [3.63, 3.8) is 0 Å². The van der Waals surface area contributed by atoms with Crippen molar-refractivity contribution >= 4 is 42.4 Å². The van der Waals surface area contributed by atoms with Crippen LogP contribution in [0.4, 0.5) is 10.8 Å². The summed E-state index contributed by atoms with van der Waals surface area (Å²) < 4.78 is 28.1. The summed E-state index contributed by atoms with van der Waals surface area (Å²) in [7, 11) is -3.63. The van der Waals surface area contributed by atoms with Gasteiger partial charge in [-0.1, -0.05) is 29.0 Å². The molecule has 0 aliphatic rings. The second kappa shape index (κ2) is 5.26. The molecule has 0 spiro atoms. The molecule has 1 heterocycles. The first kappa shape index (κ1) is 14.8. The molecule has 0 radical (unpaired) electrons. The van der Waals surface area contributed by atoms with Crippen LogP contribution in [-0.4, -0.2) is 13.4 Å². The zero-order valence-electron chi connectivity index (χ0n) is 12.1. The molecule has 3 aromatic rings. The minimum absolute atomic E-state index is 0.216. The van der Waals surface area contributed by atoms with Crippen LogP contribution in [0.25, 0.3) is 10.2 Å². The third-order valence-corrected chi connectivity index (χ3v) is 5.66. The molecule has 114 valence electrons. The molecule has 0 unspecified atom stereocenters. The maximum Gasteiger partial charge on any atom is 0.263 e. The van der Waals surface area contributed by atoms with Crippen molar-refractivity contribution in [1.82, 2.24) is 4.98 Å². The van der Waals surface area contributed by atoms with Gasteiger partial charge in [-0.25, -0.2) is 13.4 Å². The number of nitrogens with one attached hydrogen (secondary N) is 1. The number of anilines is 2. The molecule has 3 rings (SSSR count). The molecule has 2 aromatic carbocycles. The first-order valence-corrected chi connectivity index (χ1v) is 8.91. The maximum atomic E-state index is 12.4. The largest absolute Gasteiger partial charge is 0.399 e. The maximum absolute atomic E-state index is 12.4. The van der Waals surface area contributed by atoms with Crippen LogP contribution in [0.1, 0.15) is 11.1 Å². The lowest BCUT2D eigenvalue weighted by Gasteiger charge is -2.05. The summed E-state index contributed by atoms with van der Waals surface area (Å²) >= 11 is 1.27. The predicted molar refractivity (Wildman–Crippen MR) is 90.8 cm³/mol. The summed E-state index contributed by atoms with van der Waals surface area (Å²) in [5, 5.41) is 0.337. The SMILES string of the molecule is Cc1ccc(S(=O)(=O)Nc2nc3c(C)cc(N)cc3s2)cc1. The van der Waals surface area contributed by atoms with Crippen molar-refractivity contribution in [3.8, 4) is 0 Å². The second-order valence-electron chi connectivity index (χ2n) is 5.12. The van der Waals surface area contributed by atoms with E-state index < -0.39 is 10.0 Å². The van der Waals surface area contributed by atoms with Crippen molar-refractivity contribution < 1.29 is 8.42 Å². The average molecular weight is 333 g/mol. The number of benzene rings is 2. The third-order valence-electron chi connectivity index (χ3n) is 3.26. The smallest absolute Gasteiger partial charge is 0.263 e. The van der Waals surface area contributed by atoms with Crippen LogP contribution >= 0.6 is 11.3 Å². The van der Waals surface area contributed by atoms with Crippen LogP contribution < -0.4 is 10.5 Å². The van der Waals surface area contributed by atoms with Crippen molar-refractivity contribution in [1.29, 1.82) is 0 Å². The minimum atomic E-state index is -3.63. The highest BCUT2D eigenvalue weighted by atomic mass is 32.2. The summed E-state index contributed by atoms with van der Waals surface area (Å²) in [5.41, 5.74) is 9.14. The summed E-state index contributed by atoms with van der Waals surface area (Å²) in [6.45, 7) is 3.81. The molecule has 0 saturated heterocycles. The average Bonchev–Trinajstić information content (AvgIpc) is 2.81. The van der Waals surface area contributed by atoms with E-state index >= 15 is 0 Å². The van der Waals surface area contributed by atoms with E-state index in [-0.39, 0.29) is 4.90 Å². The normalized spacial score (nSPS) is 11.7. The summed E-state index contributed by atoms with van der Waals surface area (Å²) in [6, 6.07) is 10.3. The molecule has 22 heavy (non-hydrogen) atoms. The number of nitrogens with two attached hydrogens (primary N) is 1. The Labute approximate surface area is 132 Å². The molecule has 0 saturated carbocycles.